The van der Waals surface area contributed by atoms with Crippen molar-refractivity contribution in [3.63, 3.8) is 0 Å². The van der Waals surface area contributed by atoms with Crippen molar-refractivity contribution >= 4 is 27.5 Å². The molecule has 0 bridgehead atoms. The Bertz CT molecular complexity index is 1010. The lowest BCUT2D eigenvalue weighted by Crippen LogP contribution is -2.42. The molecule has 2 aromatic rings. The molecule has 6 nitrogen and oxygen atoms in total. The molecule has 1 fully saturated rings. The Kier molecular flexibility index (Phi) is 7.39. The molecule has 1 unspecified atom stereocenters. The highest BCUT2D eigenvalue weighted by molar-refractivity contribution is 7.89. The monoisotopic (exact) mass is 450 g/mol. The first-order valence-electron chi connectivity index (χ1n) is 10.1. The fraction of sp³-hybridized carbons (Fsp3) is 0.409. The minimum atomic E-state index is -3.76. The van der Waals surface area contributed by atoms with Crippen LogP contribution in [-0.2, 0) is 16.4 Å². The van der Waals surface area contributed by atoms with E-state index >= 15 is 0 Å². The molecule has 30 heavy (non-hydrogen) atoms. The van der Waals surface area contributed by atoms with E-state index in [9.17, 15) is 13.2 Å². The van der Waals surface area contributed by atoms with Crippen LogP contribution in [0.5, 0.6) is 5.75 Å². The molecule has 1 aliphatic rings. The molecule has 2 aromatic carbocycles. The van der Waals surface area contributed by atoms with Gasteiger partial charge in [0, 0.05) is 29.7 Å². The molecule has 1 N–H and O–H groups in total. The maximum Gasteiger partial charge on any atom is 0.251 e. The number of hydrogen-bond donors (Lipinski definition) is 1. The average molecular weight is 451 g/mol. The summed E-state index contributed by atoms with van der Waals surface area (Å²) in [5.41, 5.74) is 1.30. The van der Waals surface area contributed by atoms with Crippen molar-refractivity contribution in [1.29, 1.82) is 0 Å². The van der Waals surface area contributed by atoms with Crippen LogP contribution in [0.2, 0.25) is 5.02 Å². The lowest BCUT2D eigenvalue weighted by atomic mass is 10.1. The highest BCUT2D eigenvalue weighted by atomic mass is 35.5. The molecule has 0 saturated carbocycles. The Morgan fingerprint density at radius 2 is 2.03 bits per heavy atom. The molecular formula is C22H27ClN2O4S. The number of carbonyl (C=O) groups excluding carboxylic acids is 1. The summed E-state index contributed by atoms with van der Waals surface area (Å²) in [7, 11) is -2.34. The fourth-order valence-electron chi connectivity index (χ4n) is 3.69. The number of ether oxygens (including phenoxy) is 1. The van der Waals surface area contributed by atoms with E-state index in [1.54, 1.807) is 12.1 Å². The first-order valence-corrected chi connectivity index (χ1v) is 11.9. The van der Waals surface area contributed by atoms with Crippen molar-refractivity contribution in [2.24, 2.45) is 0 Å². The molecule has 1 amide bonds. The Morgan fingerprint density at radius 3 is 2.73 bits per heavy atom. The number of nitrogens with zero attached hydrogens (tertiary/aromatic N) is 1. The van der Waals surface area contributed by atoms with Crippen molar-refractivity contribution in [3.8, 4) is 5.75 Å². The van der Waals surface area contributed by atoms with Gasteiger partial charge in [0.05, 0.1) is 7.11 Å². The van der Waals surface area contributed by atoms with Gasteiger partial charge in [-0.2, -0.15) is 4.31 Å². The predicted octanol–water partition coefficient (Wildman–Crippen LogP) is 3.88. The Hall–Kier alpha value is -2.09. The van der Waals surface area contributed by atoms with Crippen LogP contribution in [0.1, 0.15) is 42.1 Å². The van der Waals surface area contributed by atoms with Crippen LogP contribution >= 0.6 is 11.6 Å². The second-order valence-corrected chi connectivity index (χ2v) is 9.76. The number of piperidine rings is 1. The molecule has 0 spiro atoms. The SMILES string of the molecule is COc1ccc(C(=O)NCCc2cccc(Cl)c2)cc1S(=O)(=O)N1CCCCC1C. The van der Waals surface area contributed by atoms with Crippen LogP contribution in [0.15, 0.2) is 47.4 Å². The average Bonchev–Trinajstić information content (AvgIpc) is 2.73. The van der Waals surface area contributed by atoms with Crippen LogP contribution in [0.3, 0.4) is 0 Å². The van der Waals surface area contributed by atoms with Gasteiger partial charge in [0.25, 0.3) is 5.91 Å². The maximum absolute atomic E-state index is 13.3. The van der Waals surface area contributed by atoms with Gasteiger partial charge in [-0.1, -0.05) is 30.2 Å². The molecule has 8 heteroatoms. The van der Waals surface area contributed by atoms with Crippen LogP contribution in [0.25, 0.3) is 0 Å². The summed E-state index contributed by atoms with van der Waals surface area (Å²) in [6.45, 7) is 2.80. The third-order valence-corrected chi connectivity index (χ3v) is 7.61. The fourth-order valence-corrected chi connectivity index (χ4v) is 5.79. The third-order valence-electron chi connectivity index (χ3n) is 5.34. The van der Waals surface area contributed by atoms with Gasteiger partial charge in [-0.15, -0.1) is 0 Å². The molecule has 3 rings (SSSR count). The molecular weight excluding hydrogens is 424 g/mol. The molecule has 1 saturated heterocycles. The van der Waals surface area contributed by atoms with Gasteiger partial charge in [0.15, 0.2) is 0 Å². The normalized spacial score (nSPS) is 17.5. The lowest BCUT2D eigenvalue weighted by Gasteiger charge is -2.32. The zero-order valence-electron chi connectivity index (χ0n) is 17.2. The number of sulfonamides is 1. The number of benzene rings is 2. The van der Waals surface area contributed by atoms with Crippen molar-refractivity contribution in [1.82, 2.24) is 9.62 Å². The van der Waals surface area contributed by atoms with Crippen LogP contribution < -0.4 is 10.1 Å². The summed E-state index contributed by atoms with van der Waals surface area (Å²) < 4.78 is 33.4. The standard InChI is InChI=1S/C22H27ClN2O4S/c1-16-6-3-4-13-25(16)30(27,28)21-15-18(9-10-20(21)29-2)22(26)24-12-11-17-7-5-8-19(23)14-17/h5,7-10,14-16H,3-4,6,11-13H2,1-2H3,(H,24,26). The van der Waals surface area contributed by atoms with Gasteiger partial charge >= 0.3 is 0 Å². The van der Waals surface area contributed by atoms with Gasteiger partial charge in [-0.25, -0.2) is 8.42 Å². The third kappa shape index (κ3) is 5.14. The number of rotatable bonds is 7. The van der Waals surface area contributed by atoms with E-state index in [2.05, 4.69) is 5.32 Å². The van der Waals surface area contributed by atoms with E-state index in [0.717, 1.165) is 24.8 Å². The summed E-state index contributed by atoms with van der Waals surface area (Å²) in [6.07, 6.45) is 3.29. The van der Waals surface area contributed by atoms with Gasteiger partial charge in [-0.3, -0.25) is 4.79 Å². The van der Waals surface area contributed by atoms with Gasteiger partial charge in [0.2, 0.25) is 10.0 Å². The van der Waals surface area contributed by atoms with Gasteiger partial charge in [0.1, 0.15) is 10.6 Å². The molecule has 1 aliphatic heterocycles. The first kappa shape index (κ1) is 22.6. The van der Waals surface area contributed by atoms with Gasteiger partial charge < -0.3 is 10.1 Å². The summed E-state index contributed by atoms with van der Waals surface area (Å²) >= 11 is 5.99. The summed E-state index contributed by atoms with van der Waals surface area (Å²) in [6, 6.07) is 11.9. The summed E-state index contributed by atoms with van der Waals surface area (Å²) in [5, 5.41) is 3.49. The van der Waals surface area contributed by atoms with Crippen LogP contribution in [0.4, 0.5) is 0 Å². The number of nitrogens with one attached hydrogen (secondary N) is 1. The van der Waals surface area contributed by atoms with E-state index in [-0.39, 0.29) is 28.2 Å². The molecule has 0 radical (unpaired) electrons. The first-order chi connectivity index (χ1) is 14.3. The highest BCUT2D eigenvalue weighted by Crippen LogP contribution is 2.31. The van der Waals surface area contributed by atoms with Crippen LogP contribution in [0, 0.1) is 0 Å². The minimum absolute atomic E-state index is 0.0289. The van der Waals surface area contributed by atoms with E-state index in [4.69, 9.17) is 16.3 Å². The Balaban J connectivity index is 1.77. The summed E-state index contributed by atoms with van der Waals surface area (Å²) in [5.74, 6) is -0.0916. The van der Waals surface area contributed by atoms with E-state index < -0.39 is 10.0 Å². The summed E-state index contributed by atoms with van der Waals surface area (Å²) in [4.78, 5) is 12.7. The smallest absolute Gasteiger partial charge is 0.251 e. The number of amides is 1. The second-order valence-electron chi connectivity index (χ2n) is 7.46. The van der Waals surface area contributed by atoms with Crippen LogP contribution in [-0.4, -0.2) is 44.9 Å². The molecule has 1 heterocycles. The van der Waals surface area contributed by atoms with Crippen molar-refractivity contribution < 1.29 is 17.9 Å². The Morgan fingerprint density at radius 1 is 1.23 bits per heavy atom. The van der Waals surface area contributed by atoms with E-state index in [0.29, 0.717) is 24.5 Å². The van der Waals surface area contributed by atoms with Gasteiger partial charge in [-0.05, 0) is 62.1 Å². The molecule has 0 aliphatic carbocycles. The topological polar surface area (TPSA) is 75.7 Å². The van der Waals surface area contributed by atoms with Crippen molar-refractivity contribution in [2.75, 3.05) is 20.2 Å². The molecule has 162 valence electrons. The zero-order valence-corrected chi connectivity index (χ0v) is 18.8. The quantitative estimate of drug-likeness (QED) is 0.694. The highest BCUT2D eigenvalue weighted by Gasteiger charge is 2.33. The molecule has 0 aromatic heterocycles. The minimum Gasteiger partial charge on any atom is -0.495 e. The van der Waals surface area contributed by atoms with Crippen molar-refractivity contribution in [2.45, 2.75) is 43.5 Å². The number of halogens is 1. The predicted molar refractivity (Wildman–Crippen MR) is 118 cm³/mol. The second kappa shape index (κ2) is 9.81. The number of carbonyl (C=O) groups is 1. The van der Waals surface area contributed by atoms with Crippen molar-refractivity contribution in [3.05, 3.63) is 58.6 Å². The van der Waals surface area contributed by atoms with E-state index in [1.807, 2.05) is 25.1 Å². The zero-order chi connectivity index (χ0) is 21.7. The number of hydrogen-bond acceptors (Lipinski definition) is 4. The Labute approximate surface area is 183 Å². The largest absolute Gasteiger partial charge is 0.495 e. The molecule has 1 atom stereocenters. The maximum atomic E-state index is 13.3. The number of methoxy groups -OCH3 is 1. The van der Waals surface area contributed by atoms with E-state index in [1.165, 1.54) is 23.5 Å². The lowest BCUT2D eigenvalue weighted by molar-refractivity contribution is 0.0954.